The zero-order valence-electron chi connectivity index (χ0n) is 23.8. The monoisotopic (exact) mass is 583 g/mol. The first-order chi connectivity index (χ1) is 20.5. The fourth-order valence-electron chi connectivity index (χ4n) is 6.57. The van der Waals surface area contributed by atoms with Crippen LogP contribution in [0.15, 0.2) is 65.9 Å². The molecule has 1 aromatic heterocycles. The van der Waals surface area contributed by atoms with Crippen molar-refractivity contribution < 1.29 is 14.7 Å². The van der Waals surface area contributed by atoms with Gasteiger partial charge in [-0.1, -0.05) is 36.4 Å². The van der Waals surface area contributed by atoms with Crippen molar-refractivity contribution in [1.82, 2.24) is 19.7 Å². The fraction of sp³-hybridized carbons (Fsp3) is 0.455. The normalized spacial score (nSPS) is 22.9. The van der Waals surface area contributed by atoms with E-state index in [9.17, 15) is 14.7 Å². The van der Waals surface area contributed by atoms with Crippen LogP contribution >= 0.6 is 11.8 Å². The third-order valence-corrected chi connectivity index (χ3v) is 10.4. The Labute approximate surface area is 250 Å². The number of carbonyl (C=O) groups is 2. The minimum Gasteiger partial charge on any atom is -0.395 e. The van der Waals surface area contributed by atoms with Crippen LogP contribution in [0.25, 0.3) is 21.9 Å². The standard InChI is InChI=1S/C33H37N5O3S/c39-18-17-36-15-11-33(12-16-36)32(41)38(29-10-14-37(22-42-21-29)31(40)25-5-6-25)30(35-33)24-3-1-23(2-4-24)26-7-8-28-20-34-13-9-27(28)19-26/h1-4,7-9,13,19-20,25,29,39H,5-6,10-12,14-18,21-22H2/t29-/m1/s1. The van der Waals surface area contributed by atoms with Crippen LogP contribution in [0.1, 0.15) is 37.7 Å². The molecule has 2 amide bonds. The second-order valence-electron chi connectivity index (χ2n) is 12.0. The molecule has 1 atom stereocenters. The quantitative estimate of drug-likeness (QED) is 0.472. The number of aliphatic hydroxyl groups is 1. The highest BCUT2D eigenvalue weighted by Gasteiger charge is 2.52. The number of β-amino-alcohol motifs (C(OH)–C–C–N with tert-alkyl or cyclic N) is 1. The molecule has 3 aromatic rings. The van der Waals surface area contributed by atoms with E-state index in [0.29, 0.717) is 31.8 Å². The van der Waals surface area contributed by atoms with Gasteiger partial charge in [-0.2, -0.15) is 0 Å². The van der Waals surface area contributed by atoms with Crippen LogP contribution < -0.4 is 0 Å². The van der Waals surface area contributed by atoms with E-state index in [1.165, 1.54) is 0 Å². The highest BCUT2D eigenvalue weighted by Crippen LogP contribution is 2.39. The number of fused-ring (bicyclic) bond motifs is 1. The number of aliphatic imine (C=N–C) groups is 1. The van der Waals surface area contributed by atoms with Gasteiger partial charge in [0.15, 0.2) is 0 Å². The minimum atomic E-state index is -0.757. The number of aliphatic hydroxyl groups excluding tert-OH is 1. The second kappa shape index (κ2) is 11.4. The van der Waals surface area contributed by atoms with Crippen LogP contribution in [-0.4, -0.2) is 98.4 Å². The maximum atomic E-state index is 14.3. The summed E-state index contributed by atoms with van der Waals surface area (Å²) in [7, 11) is 0. The van der Waals surface area contributed by atoms with Crippen LogP contribution in [-0.2, 0) is 9.59 Å². The van der Waals surface area contributed by atoms with Gasteiger partial charge in [-0.3, -0.25) is 24.5 Å². The Balaban J connectivity index is 1.18. The molecule has 4 heterocycles. The molecule has 218 valence electrons. The molecule has 9 heteroatoms. The highest BCUT2D eigenvalue weighted by atomic mass is 32.2. The Morgan fingerprint density at radius 3 is 2.48 bits per heavy atom. The third-order valence-electron chi connectivity index (χ3n) is 9.27. The van der Waals surface area contributed by atoms with Crippen molar-refractivity contribution in [2.75, 3.05) is 44.4 Å². The van der Waals surface area contributed by atoms with E-state index >= 15 is 0 Å². The van der Waals surface area contributed by atoms with Gasteiger partial charge in [-0.05, 0) is 60.7 Å². The molecule has 3 fully saturated rings. The van der Waals surface area contributed by atoms with E-state index in [0.717, 1.165) is 71.4 Å². The number of amidine groups is 1. The third kappa shape index (κ3) is 5.23. The Hall–Kier alpha value is -3.27. The number of carbonyl (C=O) groups excluding carboxylic acids is 2. The van der Waals surface area contributed by atoms with E-state index in [-0.39, 0.29) is 30.4 Å². The first kappa shape index (κ1) is 27.6. The van der Waals surface area contributed by atoms with Crippen molar-refractivity contribution in [3.63, 3.8) is 0 Å². The molecule has 3 aliphatic heterocycles. The molecule has 0 unspecified atom stereocenters. The van der Waals surface area contributed by atoms with Crippen LogP contribution in [0, 0.1) is 5.92 Å². The fourth-order valence-corrected chi connectivity index (χ4v) is 7.74. The van der Waals surface area contributed by atoms with Crippen molar-refractivity contribution in [2.45, 2.75) is 43.7 Å². The maximum Gasteiger partial charge on any atom is 0.256 e. The van der Waals surface area contributed by atoms with Crippen molar-refractivity contribution >= 4 is 40.2 Å². The first-order valence-electron chi connectivity index (χ1n) is 15.1. The minimum absolute atomic E-state index is 0.0122. The molecule has 2 aromatic carbocycles. The summed E-state index contributed by atoms with van der Waals surface area (Å²) in [6, 6.07) is 16.8. The number of hydrogen-bond donors (Lipinski definition) is 1. The largest absolute Gasteiger partial charge is 0.395 e. The molecule has 2 saturated heterocycles. The lowest BCUT2D eigenvalue weighted by atomic mass is 9.87. The van der Waals surface area contributed by atoms with Gasteiger partial charge in [0.25, 0.3) is 5.91 Å². The Morgan fingerprint density at radius 1 is 0.952 bits per heavy atom. The number of benzene rings is 2. The van der Waals surface area contributed by atoms with Gasteiger partial charge < -0.3 is 14.9 Å². The molecule has 1 N–H and O–H groups in total. The lowest BCUT2D eigenvalue weighted by Gasteiger charge is -2.37. The Morgan fingerprint density at radius 2 is 1.71 bits per heavy atom. The molecule has 7 rings (SSSR count). The number of aromatic nitrogens is 1. The van der Waals surface area contributed by atoms with Gasteiger partial charge in [-0.25, -0.2) is 0 Å². The van der Waals surface area contributed by atoms with Crippen LogP contribution in [0.5, 0.6) is 0 Å². The number of likely N-dealkylation sites (tertiary alicyclic amines) is 1. The predicted octanol–water partition coefficient (Wildman–Crippen LogP) is 4.02. The average molecular weight is 584 g/mol. The van der Waals surface area contributed by atoms with Gasteiger partial charge in [-0.15, -0.1) is 11.8 Å². The zero-order chi connectivity index (χ0) is 28.7. The number of nitrogens with zero attached hydrogens (tertiary/aromatic N) is 5. The van der Waals surface area contributed by atoms with E-state index in [1.807, 2.05) is 28.3 Å². The molecule has 4 aliphatic rings. The first-order valence-corrected chi connectivity index (χ1v) is 16.3. The number of hydrogen-bond acceptors (Lipinski definition) is 7. The van der Waals surface area contributed by atoms with E-state index < -0.39 is 5.54 Å². The van der Waals surface area contributed by atoms with Crippen molar-refractivity contribution in [2.24, 2.45) is 10.9 Å². The number of pyridine rings is 1. The average Bonchev–Trinajstić information content (AvgIpc) is 3.87. The van der Waals surface area contributed by atoms with Crippen molar-refractivity contribution in [1.29, 1.82) is 0 Å². The van der Waals surface area contributed by atoms with Gasteiger partial charge >= 0.3 is 0 Å². The molecule has 42 heavy (non-hydrogen) atoms. The Bertz CT molecular complexity index is 1510. The SMILES string of the molecule is O=C(C1CC1)N1CC[C@@H](N2C(=O)C3(CCN(CCO)CC3)N=C2c2ccc(-c3ccc4cnccc4c3)cc2)CSC1. The Kier molecular flexibility index (Phi) is 7.50. The summed E-state index contributed by atoms with van der Waals surface area (Å²) in [5.41, 5.74) is 2.44. The topological polar surface area (TPSA) is 89.3 Å². The predicted molar refractivity (Wildman–Crippen MR) is 166 cm³/mol. The summed E-state index contributed by atoms with van der Waals surface area (Å²) in [6.45, 7) is 2.92. The molecular formula is C33H37N5O3S. The molecule has 0 bridgehead atoms. The summed E-state index contributed by atoms with van der Waals surface area (Å²) in [5, 5.41) is 11.7. The lowest BCUT2D eigenvalue weighted by molar-refractivity contribution is -0.134. The van der Waals surface area contributed by atoms with E-state index in [4.69, 9.17) is 4.99 Å². The van der Waals surface area contributed by atoms with Gasteiger partial charge in [0.1, 0.15) is 11.4 Å². The molecule has 1 aliphatic carbocycles. The summed E-state index contributed by atoms with van der Waals surface area (Å²) >= 11 is 1.75. The summed E-state index contributed by atoms with van der Waals surface area (Å²) in [5.74, 6) is 2.82. The van der Waals surface area contributed by atoms with Gasteiger partial charge in [0, 0.05) is 67.2 Å². The molecule has 1 saturated carbocycles. The summed E-state index contributed by atoms with van der Waals surface area (Å²) < 4.78 is 0. The lowest BCUT2D eigenvalue weighted by Crippen LogP contribution is -2.53. The second-order valence-corrected chi connectivity index (χ2v) is 13.0. The molecule has 1 spiro atoms. The highest BCUT2D eigenvalue weighted by molar-refractivity contribution is 7.99. The number of rotatable bonds is 6. The smallest absolute Gasteiger partial charge is 0.256 e. The van der Waals surface area contributed by atoms with Crippen LogP contribution in [0.3, 0.4) is 0 Å². The summed E-state index contributed by atoms with van der Waals surface area (Å²) in [6.07, 6.45) is 7.77. The van der Waals surface area contributed by atoms with Gasteiger partial charge in [0.05, 0.1) is 12.5 Å². The number of piperidine rings is 1. The molecule has 0 radical (unpaired) electrons. The molecular weight excluding hydrogens is 546 g/mol. The summed E-state index contributed by atoms with van der Waals surface area (Å²) in [4.78, 5) is 42.8. The number of amides is 2. The zero-order valence-corrected chi connectivity index (χ0v) is 24.6. The maximum absolute atomic E-state index is 14.3. The number of thioether (sulfide) groups is 1. The van der Waals surface area contributed by atoms with Crippen LogP contribution in [0.4, 0.5) is 0 Å². The van der Waals surface area contributed by atoms with E-state index in [2.05, 4.69) is 52.3 Å². The molecule has 8 nitrogen and oxygen atoms in total. The van der Waals surface area contributed by atoms with E-state index in [1.54, 1.807) is 11.8 Å². The van der Waals surface area contributed by atoms with Crippen molar-refractivity contribution in [3.8, 4) is 11.1 Å². The van der Waals surface area contributed by atoms with Crippen molar-refractivity contribution in [3.05, 3.63) is 66.5 Å². The van der Waals surface area contributed by atoms with Gasteiger partial charge in [0.2, 0.25) is 5.91 Å². The van der Waals surface area contributed by atoms with Crippen LogP contribution in [0.2, 0.25) is 0 Å².